The Bertz CT molecular complexity index is 458. The van der Waals surface area contributed by atoms with E-state index in [0.717, 1.165) is 16.6 Å². The van der Waals surface area contributed by atoms with Gasteiger partial charge < -0.3 is 15.4 Å². The molecule has 0 atom stereocenters. The number of nitrogens with zero attached hydrogens (tertiary/aromatic N) is 1. The van der Waals surface area contributed by atoms with E-state index >= 15 is 0 Å². The number of amides is 1. The van der Waals surface area contributed by atoms with Gasteiger partial charge in [-0.15, -0.1) is 11.3 Å². The Morgan fingerprint density at radius 1 is 1.50 bits per heavy atom. The third-order valence-electron chi connectivity index (χ3n) is 3.94. The highest BCUT2D eigenvalue weighted by atomic mass is 79.9. The Labute approximate surface area is 132 Å². The maximum Gasteiger partial charge on any atom is 0.230 e. The van der Waals surface area contributed by atoms with Crippen molar-refractivity contribution in [3.05, 3.63) is 20.8 Å². The normalized spacial score (nSPS) is 17.9. The van der Waals surface area contributed by atoms with E-state index in [1.807, 2.05) is 17.9 Å². The van der Waals surface area contributed by atoms with Gasteiger partial charge in [-0.1, -0.05) is 0 Å². The fourth-order valence-corrected chi connectivity index (χ4v) is 4.05. The molecule has 0 spiro atoms. The lowest BCUT2D eigenvalue weighted by Gasteiger charge is -2.38. The largest absolute Gasteiger partial charge is 0.381 e. The van der Waals surface area contributed by atoms with E-state index in [2.05, 4.69) is 22.0 Å². The molecule has 0 aliphatic carbocycles. The summed E-state index contributed by atoms with van der Waals surface area (Å²) >= 11 is 5.13. The molecule has 1 aromatic heterocycles. The molecule has 1 fully saturated rings. The Balaban J connectivity index is 2.11. The first-order valence-electron chi connectivity index (χ1n) is 6.93. The topological polar surface area (TPSA) is 55.6 Å². The first kappa shape index (κ1) is 15.9. The SMILES string of the molecule is CCN(Cc1ccc(Br)s1)C(=O)C1(CN)CCOCC1. The van der Waals surface area contributed by atoms with Crippen LogP contribution in [-0.2, 0) is 16.1 Å². The molecular formula is C14H21BrN2O2S. The van der Waals surface area contributed by atoms with Crippen molar-refractivity contribution in [1.82, 2.24) is 4.90 Å². The lowest BCUT2D eigenvalue weighted by atomic mass is 9.79. The second-order valence-electron chi connectivity index (χ2n) is 5.12. The van der Waals surface area contributed by atoms with E-state index in [1.54, 1.807) is 11.3 Å². The minimum absolute atomic E-state index is 0.176. The standard InChI is InChI=1S/C14H21BrN2O2S/c1-2-17(9-11-3-4-12(15)20-11)13(18)14(10-16)5-7-19-8-6-14/h3-4H,2,5-10,16H2,1H3. The van der Waals surface area contributed by atoms with Crippen LogP contribution in [0.15, 0.2) is 15.9 Å². The Hall–Kier alpha value is -0.430. The van der Waals surface area contributed by atoms with Crippen LogP contribution in [0.25, 0.3) is 0 Å². The number of carbonyl (C=O) groups is 1. The zero-order chi connectivity index (χ0) is 14.6. The molecule has 1 saturated heterocycles. The van der Waals surface area contributed by atoms with E-state index in [4.69, 9.17) is 10.5 Å². The summed E-state index contributed by atoms with van der Waals surface area (Å²) < 4.78 is 6.47. The second-order valence-corrected chi connectivity index (χ2v) is 7.67. The lowest BCUT2D eigenvalue weighted by molar-refractivity contribution is -0.147. The van der Waals surface area contributed by atoms with Crippen LogP contribution in [0, 0.1) is 5.41 Å². The molecule has 4 nitrogen and oxygen atoms in total. The molecule has 2 rings (SSSR count). The van der Waals surface area contributed by atoms with Crippen LogP contribution in [0.1, 0.15) is 24.6 Å². The molecule has 0 aromatic carbocycles. The predicted octanol–water partition coefficient (Wildman–Crippen LogP) is 2.61. The van der Waals surface area contributed by atoms with Gasteiger partial charge in [0.2, 0.25) is 5.91 Å². The van der Waals surface area contributed by atoms with Crippen LogP contribution in [0.4, 0.5) is 0 Å². The molecule has 20 heavy (non-hydrogen) atoms. The quantitative estimate of drug-likeness (QED) is 0.877. The number of carbonyl (C=O) groups excluding carboxylic acids is 1. The van der Waals surface area contributed by atoms with Gasteiger partial charge in [0.05, 0.1) is 15.7 Å². The summed E-state index contributed by atoms with van der Waals surface area (Å²) in [7, 11) is 0. The molecule has 2 N–H and O–H groups in total. The van der Waals surface area contributed by atoms with E-state index in [9.17, 15) is 4.79 Å². The first-order chi connectivity index (χ1) is 9.61. The van der Waals surface area contributed by atoms with Gasteiger partial charge in [0.25, 0.3) is 0 Å². The van der Waals surface area contributed by atoms with E-state index in [1.165, 1.54) is 4.88 Å². The first-order valence-corrected chi connectivity index (χ1v) is 8.53. The van der Waals surface area contributed by atoms with Crippen molar-refractivity contribution in [3.63, 3.8) is 0 Å². The number of hydrogen-bond acceptors (Lipinski definition) is 4. The zero-order valence-electron chi connectivity index (χ0n) is 11.7. The van der Waals surface area contributed by atoms with E-state index in [0.29, 0.717) is 32.8 Å². The molecule has 0 unspecified atom stereocenters. The molecule has 1 aliphatic rings. The number of nitrogens with two attached hydrogens (primary N) is 1. The number of hydrogen-bond donors (Lipinski definition) is 1. The predicted molar refractivity (Wildman–Crippen MR) is 84.7 cm³/mol. The van der Waals surface area contributed by atoms with Crippen LogP contribution >= 0.6 is 27.3 Å². The molecule has 6 heteroatoms. The van der Waals surface area contributed by atoms with Crippen molar-refractivity contribution in [1.29, 1.82) is 0 Å². The summed E-state index contributed by atoms with van der Waals surface area (Å²) in [5.41, 5.74) is 5.49. The fraction of sp³-hybridized carbons (Fsp3) is 0.643. The molecule has 0 bridgehead atoms. The van der Waals surface area contributed by atoms with Crippen molar-refractivity contribution < 1.29 is 9.53 Å². The highest BCUT2D eigenvalue weighted by Crippen LogP contribution is 2.33. The summed E-state index contributed by atoms with van der Waals surface area (Å²) in [5, 5.41) is 0. The molecule has 0 saturated carbocycles. The van der Waals surface area contributed by atoms with Gasteiger partial charge >= 0.3 is 0 Å². The van der Waals surface area contributed by atoms with Crippen molar-refractivity contribution in [3.8, 4) is 0 Å². The van der Waals surface area contributed by atoms with Crippen molar-refractivity contribution >= 4 is 33.2 Å². The highest BCUT2D eigenvalue weighted by molar-refractivity contribution is 9.11. The summed E-state index contributed by atoms with van der Waals surface area (Å²) in [6.07, 6.45) is 1.46. The van der Waals surface area contributed by atoms with Gasteiger partial charge in [-0.05, 0) is 47.8 Å². The van der Waals surface area contributed by atoms with Crippen LogP contribution in [0.5, 0.6) is 0 Å². The Morgan fingerprint density at radius 2 is 2.20 bits per heavy atom. The van der Waals surface area contributed by atoms with Gasteiger partial charge in [0.1, 0.15) is 0 Å². The second kappa shape index (κ2) is 7.02. The maximum atomic E-state index is 12.9. The van der Waals surface area contributed by atoms with Crippen LogP contribution in [-0.4, -0.2) is 37.1 Å². The minimum atomic E-state index is -0.428. The van der Waals surface area contributed by atoms with Crippen LogP contribution in [0.2, 0.25) is 0 Å². The average molecular weight is 361 g/mol. The monoisotopic (exact) mass is 360 g/mol. The fourth-order valence-electron chi connectivity index (χ4n) is 2.55. The third kappa shape index (κ3) is 3.42. The number of halogens is 1. The zero-order valence-corrected chi connectivity index (χ0v) is 14.1. The van der Waals surface area contributed by atoms with Gasteiger partial charge in [-0.25, -0.2) is 0 Å². The Morgan fingerprint density at radius 3 is 2.70 bits per heavy atom. The molecule has 1 amide bonds. The molecular weight excluding hydrogens is 340 g/mol. The minimum Gasteiger partial charge on any atom is -0.381 e. The van der Waals surface area contributed by atoms with E-state index < -0.39 is 5.41 Å². The van der Waals surface area contributed by atoms with Gasteiger partial charge in [0.15, 0.2) is 0 Å². The van der Waals surface area contributed by atoms with Gasteiger partial charge in [-0.3, -0.25) is 4.79 Å². The smallest absolute Gasteiger partial charge is 0.230 e. The summed E-state index contributed by atoms with van der Waals surface area (Å²) in [5.74, 6) is 0.176. The molecule has 112 valence electrons. The van der Waals surface area contributed by atoms with Crippen molar-refractivity contribution in [2.45, 2.75) is 26.3 Å². The van der Waals surface area contributed by atoms with Crippen LogP contribution in [0.3, 0.4) is 0 Å². The number of thiophene rings is 1. The molecule has 1 aromatic rings. The van der Waals surface area contributed by atoms with Crippen molar-refractivity contribution in [2.75, 3.05) is 26.3 Å². The highest BCUT2D eigenvalue weighted by Gasteiger charge is 2.41. The lowest BCUT2D eigenvalue weighted by Crippen LogP contribution is -2.50. The van der Waals surface area contributed by atoms with Crippen LogP contribution < -0.4 is 5.73 Å². The van der Waals surface area contributed by atoms with Gasteiger partial charge in [-0.2, -0.15) is 0 Å². The van der Waals surface area contributed by atoms with E-state index in [-0.39, 0.29) is 5.91 Å². The molecule has 0 radical (unpaired) electrons. The average Bonchev–Trinajstić information content (AvgIpc) is 2.90. The molecule has 1 aliphatic heterocycles. The summed E-state index contributed by atoms with van der Waals surface area (Å²) in [6, 6.07) is 4.08. The van der Waals surface area contributed by atoms with Gasteiger partial charge in [0, 0.05) is 31.2 Å². The number of rotatable bonds is 5. The third-order valence-corrected chi connectivity index (χ3v) is 5.55. The molecule has 2 heterocycles. The maximum absolute atomic E-state index is 12.9. The summed E-state index contributed by atoms with van der Waals surface area (Å²) in [6.45, 7) is 5.05. The number of ether oxygens (including phenoxy) is 1. The summed E-state index contributed by atoms with van der Waals surface area (Å²) in [4.78, 5) is 16.0. The van der Waals surface area contributed by atoms with Crippen molar-refractivity contribution in [2.24, 2.45) is 11.1 Å². The Kier molecular flexibility index (Phi) is 5.60.